The van der Waals surface area contributed by atoms with Gasteiger partial charge < -0.3 is 9.73 Å². The molecule has 0 atom stereocenters. The Morgan fingerprint density at radius 2 is 2.00 bits per heavy atom. The maximum absolute atomic E-state index is 12.0. The first-order valence-electron chi connectivity index (χ1n) is 7.88. The molecule has 5 nitrogen and oxygen atoms in total. The molecule has 2 aromatic heterocycles. The molecular weight excluding hydrogens is 532 g/mol. The second-order valence-corrected chi connectivity index (χ2v) is 7.88. The van der Waals surface area contributed by atoms with Crippen molar-refractivity contribution in [2.24, 2.45) is 0 Å². The molecule has 142 valence electrons. The number of rotatable bonds is 4. The number of halogens is 3. The summed E-state index contributed by atoms with van der Waals surface area (Å²) in [5, 5.41) is 6.37. The Balaban J connectivity index is 1.60. The van der Waals surface area contributed by atoms with E-state index in [1.165, 1.54) is 12.2 Å². The van der Waals surface area contributed by atoms with Crippen LogP contribution in [-0.4, -0.2) is 16.0 Å². The molecule has 0 saturated carbocycles. The fourth-order valence-electron chi connectivity index (χ4n) is 2.19. The number of nitrogens with zero attached hydrogens (tertiary/aromatic N) is 1. The summed E-state index contributed by atoms with van der Waals surface area (Å²) >= 11 is 19.5. The van der Waals surface area contributed by atoms with Crippen molar-refractivity contribution in [3.05, 3.63) is 74.1 Å². The number of furan rings is 1. The summed E-state index contributed by atoms with van der Waals surface area (Å²) < 4.78 is 6.70. The van der Waals surface area contributed by atoms with Crippen molar-refractivity contribution in [1.29, 1.82) is 0 Å². The summed E-state index contributed by atoms with van der Waals surface area (Å²) in [7, 11) is 0. The quantitative estimate of drug-likeness (QED) is 0.248. The van der Waals surface area contributed by atoms with Gasteiger partial charge in [-0.1, -0.05) is 29.3 Å². The average molecular weight is 544 g/mol. The minimum atomic E-state index is -0.401. The number of pyridine rings is 1. The van der Waals surface area contributed by atoms with Crippen LogP contribution in [0.3, 0.4) is 0 Å². The summed E-state index contributed by atoms with van der Waals surface area (Å²) in [5.74, 6) is 1.18. The molecule has 28 heavy (non-hydrogen) atoms. The van der Waals surface area contributed by atoms with Gasteiger partial charge in [-0.3, -0.25) is 10.1 Å². The predicted molar refractivity (Wildman–Crippen MR) is 125 cm³/mol. The van der Waals surface area contributed by atoms with Crippen LogP contribution in [0.2, 0.25) is 10.0 Å². The Morgan fingerprint density at radius 1 is 1.18 bits per heavy atom. The van der Waals surface area contributed by atoms with Crippen molar-refractivity contribution in [3.8, 4) is 11.3 Å². The molecule has 0 aliphatic heterocycles. The maximum atomic E-state index is 12.0. The van der Waals surface area contributed by atoms with E-state index in [1.807, 2.05) is 6.07 Å². The third-order valence-electron chi connectivity index (χ3n) is 3.45. The number of amides is 1. The van der Waals surface area contributed by atoms with Crippen LogP contribution in [0.1, 0.15) is 5.76 Å². The molecule has 0 aliphatic rings. The Labute approximate surface area is 190 Å². The van der Waals surface area contributed by atoms with E-state index in [-0.39, 0.29) is 5.11 Å². The SMILES string of the molecule is O=C(C=Cc1ccc(-c2cccc(Cl)c2Cl)o1)NC(=S)Nc1ccc(I)cn1. The Bertz CT molecular complexity index is 1050. The molecule has 0 aliphatic carbocycles. The molecule has 0 radical (unpaired) electrons. The highest BCUT2D eigenvalue weighted by Gasteiger charge is 2.10. The van der Waals surface area contributed by atoms with Gasteiger partial charge in [0.1, 0.15) is 17.3 Å². The van der Waals surface area contributed by atoms with E-state index < -0.39 is 5.91 Å². The lowest BCUT2D eigenvalue weighted by Crippen LogP contribution is -2.33. The van der Waals surface area contributed by atoms with Crippen molar-refractivity contribution in [3.63, 3.8) is 0 Å². The first-order valence-corrected chi connectivity index (χ1v) is 10.1. The summed E-state index contributed by atoms with van der Waals surface area (Å²) in [6.45, 7) is 0. The van der Waals surface area contributed by atoms with E-state index in [9.17, 15) is 4.79 Å². The standard InChI is InChI=1S/C19H12Cl2IN3O2S/c20-14-3-1-2-13(18(14)21)15-7-5-12(27-15)6-9-17(26)25-19(28)24-16-8-4-11(22)10-23-16/h1-10H,(H2,23,24,25,26,28). The Kier molecular flexibility index (Phi) is 7.06. The second-order valence-electron chi connectivity index (χ2n) is 5.44. The summed E-state index contributed by atoms with van der Waals surface area (Å²) in [5.41, 5.74) is 0.675. The van der Waals surface area contributed by atoms with Crippen LogP contribution in [-0.2, 0) is 4.79 Å². The highest BCUT2D eigenvalue weighted by Crippen LogP contribution is 2.34. The van der Waals surface area contributed by atoms with Gasteiger partial charge in [0.2, 0.25) is 5.91 Å². The number of aromatic nitrogens is 1. The van der Waals surface area contributed by atoms with Gasteiger partial charge in [-0.25, -0.2) is 4.98 Å². The van der Waals surface area contributed by atoms with Crippen LogP contribution in [0.25, 0.3) is 17.4 Å². The number of anilines is 1. The smallest absolute Gasteiger partial charge is 0.250 e. The zero-order valence-electron chi connectivity index (χ0n) is 14.1. The number of hydrogen-bond acceptors (Lipinski definition) is 4. The van der Waals surface area contributed by atoms with Crippen LogP contribution in [0.4, 0.5) is 5.82 Å². The monoisotopic (exact) mass is 543 g/mol. The molecule has 9 heteroatoms. The highest BCUT2D eigenvalue weighted by atomic mass is 127. The molecule has 0 saturated heterocycles. The predicted octanol–water partition coefficient (Wildman–Crippen LogP) is 5.78. The van der Waals surface area contributed by atoms with Crippen LogP contribution in [0.15, 0.2) is 59.2 Å². The normalized spacial score (nSPS) is 10.8. The number of carbonyl (C=O) groups is 1. The van der Waals surface area contributed by atoms with Crippen molar-refractivity contribution in [2.45, 2.75) is 0 Å². The van der Waals surface area contributed by atoms with E-state index in [0.717, 1.165) is 3.57 Å². The minimum absolute atomic E-state index is 0.147. The van der Waals surface area contributed by atoms with Gasteiger partial charge in [0, 0.05) is 21.4 Å². The fraction of sp³-hybridized carbons (Fsp3) is 0. The molecule has 0 bridgehead atoms. The lowest BCUT2D eigenvalue weighted by Gasteiger charge is -2.06. The third kappa shape index (κ3) is 5.54. The summed E-state index contributed by atoms with van der Waals surface area (Å²) in [4.78, 5) is 16.2. The highest BCUT2D eigenvalue weighted by molar-refractivity contribution is 14.1. The number of hydrogen-bond donors (Lipinski definition) is 2. The lowest BCUT2D eigenvalue weighted by molar-refractivity contribution is -0.115. The fourth-order valence-corrected chi connectivity index (χ4v) is 3.11. The van der Waals surface area contributed by atoms with Gasteiger partial charge >= 0.3 is 0 Å². The van der Waals surface area contributed by atoms with E-state index in [4.69, 9.17) is 39.8 Å². The van der Waals surface area contributed by atoms with Crippen molar-refractivity contribution >= 4 is 80.9 Å². The largest absolute Gasteiger partial charge is 0.457 e. The van der Waals surface area contributed by atoms with Gasteiger partial charge in [-0.2, -0.15) is 0 Å². The van der Waals surface area contributed by atoms with Crippen LogP contribution >= 0.6 is 58.0 Å². The molecule has 3 aromatic rings. The van der Waals surface area contributed by atoms with Crippen molar-refractivity contribution in [2.75, 3.05) is 5.32 Å². The van der Waals surface area contributed by atoms with Crippen LogP contribution < -0.4 is 10.6 Å². The Hall–Kier alpha value is -1.94. The summed E-state index contributed by atoms with van der Waals surface area (Å²) in [6.07, 6.45) is 4.54. The van der Waals surface area contributed by atoms with Crippen molar-refractivity contribution < 1.29 is 9.21 Å². The number of thiocarbonyl (C=S) groups is 1. The maximum Gasteiger partial charge on any atom is 0.250 e. The molecule has 0 unspecified atom stereocenters. The number of benzene rings is 1. The zero-order chi connectivity index (χ0) is 20.1. The van der Waals surface area contributed by atoms with E-state index in [2.05, 4.69) is 38.2 Å². The average Bonchev–Trinajstić information content (AvgIpc) is 3.13. The van der Waals surface area contributed by atoms with E-state index in [1.54, 1.807) is 42.6 Å². The van der Waals surface area contributed by atoms with Gasteiger partial charge in [0.15, 0.2) is 5.11 Å². The van der Waals surface area contributed by atoms with Gasteiger partial charge in [0.05, 0.1) is 10.0 Å². The second kappa shape index (κ2) is 9.51. The van der Waals surface area contributed by atoms with Gasteiger partial charge in [0.25, 0.3) is 0 Å². The molecular formula is C19H12Cl2IN3O2S. The molecule has 0 spiro atoms. The first-order chi connectivity index (χ1) is 13.4. The number of nitrogens with one attached hydrogen (secondary N) is 2. The first kappa shape index (κ1) is 20.8. The Morgan fingerprint density at radius 3 is 2.75 bits per heavy atom. The van der Waals surface area contributed by atoms with Crippen LogP contribution in [0.5, 0.6) is 0 Å². The topological polar surface area (TPSA) is 67.2 Å². The molecule has 2 heterocycles. The zero-order valence-corrected chi connectivity index (χ0v) is 18.6. The molecule has 1 amide bonds. The summed E-state index contributed by atoms with van der Waals surface area (Å²) in [6, 6.07) is 12.4. The van der Waals surface area contributed by atoms with E-state index >= 15 is 0 Å². The number of carbonyl (C=O) groups excluding carboxylic acids is 1. The minimum Gasteiger partial charge on any atom is -0.457 e. The van der Waals surface area contributed by atoms with Crippen LogP contribution in [0, 0.1) is 3.57 Å². The molecule has 2 N–H and O–H groups in total. The van der Waals surface area contributed by atoms with E-state index in [0.29, 0.717) is 32.9 Å². The third-order valence-corrected chi connectivity index (χ3v) is 5.11. The van der Waals surface area contributed by atoms with Gasteiger partial charge in [-0.15, -0.1) is 0 Å². The molecule has 0 fully saturated rings. The molecule has 3 rings (SSSR count). The van der Waals surface area contributed by atoms with Gasteiger partial charge in [-0.05, 0) is 77.3 Å². The lowest BCUT2D eigenvalue weighted by atomic mass is 10.2. The van der Waals surface area contributed by atoms with Crippen molar-refractivity contribution in [1.82, 2.24) is 10.3 Å². The molecule has 1 aromatic carbocycles.